The molecule has 0 aliphatic heterocycles. The van der Waals surface area contributed by atoms with Gasteiger partial charge in [0.2, 0.25) is 0 Å². The zero-order valence-electron chi connectivity index (χ0n) is 11.7. The molecule has 0 aromatic heterocycles. The van der Waals surface area contributed by atoms with Crippen LogP contribution in [0.1, 0.15) is 13.8 Å². The van der Waals surface area contributed by atoms with Gasteiger partial charge in [0.05, 0.1) is 26.4 Å². The van der Waals surface area contributed by atoms with Gasteiger partial charge >= 0.3 is 10.4 Å². The Morgan fingerprint density at radius 3 is 1.47 bits per heavy atom. The normalized spacial score (nSPS) is 15.4. The molecule has 0 aliphatic rings. The van der Waals surface area contributed by atoms with Crippen LogP contribution in [0.2, 0.25) is 0 Å². The van der Waals surface area contributed by atoms with Crippen molar-refractivity contribution in [1.29, 1.82) is 0 Å². The summed E-state index contributed by atoms with van der Waals surface area (Å²) in [6.45, 7) is 3.98. The van der Waals surface area contributed by atoms with Gasteiger partial charge in [-0.25, -0.2) is 8.37 Å². The van der Waals surface area contributed by atoms with Crippen LogP contribution in [-0.4, -0.2) is 61.6 Å². The number of ether oxygens (including phenoxy) is 4. The smallest absolute Gasteiger partial charge is 0.382 e. The van der Waals surface area contributed by atoms with Crippen molar-refractivity contribution in [2.24, 2.45) is 0 Å². The summed E-state index contributed by atoms with van der Waals surface area (Å²) in [5, 5.41) is 0. The summed E-state index contributed by atoms with van der Waals surface area (Å²) in [6.07, 6.45) is -1.93. The molecule has 0 N–H and O–H groups in total. The van der Waals surface area contributed by atoms with Gasteiger partial charge in [-0.05, 0) is 13.8 Å². The van der Waals surface area contributed by atoms with Crippen LogP contribution < -0.4 is 0 Å². The van der Waals surface area contributed by atoms with Crippen LogP contribution in [0.5, 0.6) is 0 Å². The van der Waals surface area contributed by atoms with Crippen LogP contribution >= 0.6 is 0 Å². The van der Waals surface area contributed by atoms with E-state index in [1.54, 1.807) is 0 Å². The van der Waals surface area contributed by atoms with Crippen molar-refractivity contribution < 1.29 is 35.7 Å². The van der Waals surface area contributed by atoms with E-state index in [0.717, 1.165) is 0 Å². The molecule has 0 fully saturated rings. The fraction of sp³-hybridized carbons (Fsp3) is 1.00. The molecule has 0 spiro atoms. The van der Waals surface area contributed by atoms with Crippen molar-refractivity contribution in [3.05, 3.63) is 0 Å². The van der Waals surface area contributed by atoms with Crippen LogP contribution in [0.3, 0.4) is 0 Å². The quantitative estimate of drug-likeness (QED) is 0.375. The monoisotopic (exact) mass is 302 g/mol. The van der Waals surface area contributed by atoms with Gasteiger partial charge in [-0.1, -0.05) is 0 Å². The van der Waals surface area contributed by atoms with Gasteiger partial charge in [0, 0.05) is 14.2 Å². The second-order valence-electron chi connectivity index (χ2n) is 3.46. The van der Waals surface area contributed by atoms with Crippen LogP contribution in [0.25, 0.3) is 0 Å². The molecule has 8 nitrogen and oxygen atoms in total. The Balaban J connectivity index is 3.95. The third-order valence-corrected chi connectivity index (χ3v) is 2.80. The third kappa shape index (κ3) is 11.3. The molecule has 0 aliphatic carbocycles. The van der Waals surface area contributed by atoms with E-state index in [0.29, 0.717) is 13.2 Å². The van der Waals surface area contributed by atoms with E-state index in [2.05, 4.69) is 8.37 Å². The maximum atomic E-state index is 11.4. The molecule has 0 aromatic carbocycles. The maximum absolute atomic E-state index is 11.4. The lowest BCUT2D eigenvalue weighted by Gasteiger charge is -2.16. The Hall–Kier alpha value is -0.290. The number of hydrogen-bond acceptors (Lipinski definition) is 8. The molecule has 0 saturated heterocycles. The summed E-state index contributed by atoms with van der Waals surface area (Å²) in [5.74, 6) is 0. The Morgan fingerprint density at radius 2 is 1.16 bits per heavy atom. The molecule has 2 atom stereocenters. The number of methoxy groups -OCH3 is 2. The summed E-state index contributed by atoms with van der Waals surface area (Å²) in [5.41, 5.74) is 0. The topological polar surface area (TPSA) is 89.5 Å². The minimum atomic E-state index is -4.19. The minimum absolute atomic E-state index is 0.215. The molecule has 2 unspecified atom stereocenters. The molecule has 0 amide bonds. The standard InChI is InChI=1S/C10H22O8S/c1-9(15-7-5-13-3)17-19(11,12)18-10(2)16-8-6-14-4/h9-10H,5-8H2,1-4H3. The molecular formula is C10H22O8S. The first-order valence-electron chi connectivity index (χ1n) is 5.74. The molecular weight excluding hydrogens is 280 g/mol. The van der Waals surface area contributed by atoms with Crippen molar-refractivity contribution >= 4 is 10.4 Å². The first-order chi connectivity index (χ1) is 8.91. The highest BCUT2D eigenvalue weighted by molar-refractivity contribution is 7.81. The van der Waals surface area contributed by atoms with Gasteiger partial charge in [-0.3, -0.25) is 0 Å². The number of hydrogen-bond donors (Lipinski definition) is 0. The van der Waals surface area contributed by atoms with E-state index in [1.165, 1.54) is 28.1 Å². The van der Waals surface area contributed by atoms with Gasteiger partial charge in [-0.15, -0.1) is 0 Å². The van der Waals surface area contributed by atoms with Crippen molar-refractivity contribution in [3.63, 3.8) is 0 Å². The zero-order valence-corrected chi connectivity index (χ0v) is 12.5. The van der Waals surface area contributed by atoms with E-state index < -0.39 is 23.0 Å². The molecule has 0 heterocycles. The lowest BCUT2D eigenvalue weighted by atomic mass is 10.7. The second-order valence-corrected chi connectivity index (χ2v) is 4.66. The fourth-order valence-electron chi connectivity index (χ4n) is 1.00. The molecule has 9 heteroatoms. The predicted molar refractivity (Wildman–Crippen MR) is 65.7 cm³/mol. The first kappa shape index (κ1) is 18.7. The highest BCUT2D eigenvalue weighted by atomic mass is 32.3. The van der Waals surface area contributed by atoms with Crippen molar-refractivity contribution in [2.45, 2.75) is 26.4 Å². The number of rotatable bonds is 12. The second kappa shape index (κ2) is 10.5. The summed E-state index contributed by atoms with van der Waals surface area (Å²) in [4.78, 5) is 0. The van der Waals surface area contributed by atoms with Crippen molar-refractivity contribution in [2.75, 3.05) is 40.6 Å². The third-order valence-electron chi connectivity index (χ3n) is 1.79. The van der Waals surface area contributed by atoms with Crippen LogP contribution in [0.4, 0.5) is 0 Å². The molecule has 116 valence electrons. The van der Waals surface area contributed by atoms with Crippen LogP contribution in [0.15, 0.2) is 0 Å². The summed E-state index contributed by atoms with van der Waals surface area (Å²) in [7, 11) is -1.17. The van der Waals surface area contributed by atoms with Crippen molar-refractivity contribution in [1.82, 2.24) is 0 Å². The molecule has 0 rings (SSSR count). The summed E-state index contributed by atoms with van der Waals surface area (Å²) >= 11 is 0. The van der Waals surface area contributed by atoms with Gasteiger partial charge in [0.1, 0.15) is 0 Å². The van der Waals surface area contributed by atoms with E-state index in [-0.39, 0.29) is 13.2 Å². The Kier molecular flexibility index (Phi) is 10.3. The Bertz CT molecular complexity index is 281. The van der Waals surface area contributed by atoms with E-state index in [1.807, 2.05) is 0 Å². The van der Waals surface area contributed by atoms with Gasteiger partial charge in [0.15, 0.2) is 12.6 Å². The summed E-state index contributed by atoms with van der Waals surface area (Å²) < 4.78 is 51.7. The predicted octanol–water partition coefficient (Wildman–Crippen LogP) is 0.282. The average molecular weight is 302 g/mol. The molecule has 0 aromatic rings. The molecule has 19 heavy (non-hydrogen) atoms. The van der Waals surface area contributed by atoms with Gasteiger partial charge < -0.3 is 18.9 Å². The Morgan fingerprint density at radius 1 is 0.789 bits per heavy atom. The van der Waals surface area contributed by atoms with Crippen LogP contribution in [0, 0.1) is 0 Å². The minimum Gasteiger partial charge on any atom is -0.382 e. The van der Waals surface area contributed by atoms with E-state index in [9.17, 15) is 8.42 Å². The highest BCUT2D eigenvalue weighted by Crippen LogP contribution is 2.07. The largest absolute Gasteiger partial charge is 0.404 e. The van der Waals surface area contributed by atoms with Gasteiger partial charge in [-0.2, -0.15) is 8.42 Å². The Labute approximate surface area is 114 Å². The van der Waals surface area contributed by atoms with Crippen LogP contribution in [-0.2, 0) is 37.7 Å². The van der Waals surface area contributed by atoms with Gasteiger partial charge in [0.25, 0.3) is 0 Å². The van der Waals surface area contributed by atoms with Crippen molar-refractivity contribution in [3.8, 4) is 0 Å². The lowest BCUT2D eigenvalue weighted by molar-refractivity contribution is -0.109. The first-order valence-corrected chi connectivity index (χ1v) is 7.07. The fourth-order valence-corrected chi connectivity index (χ4v) is 1.83. The maximum Gasteiger partial charge on any atom is 0.404 e. The molecule has 0 saturated carbocycles. The summed E-state index contributed by atoms with van der Waals surface area (Å²) in [6, 6.07) is 0. The van der Waals surface area contributed by atoms with E-state index >= 15 is 0 Å². The molecule has 0 bridgehead atoms. The lowest BCUT2D eigenvalue weighted by Crippen LogP contribution is -2.26. The highest BCUT2D eigenvalue weighted by Gasteiger charge is 2.21. The molecule has 0 radical (unpaired) electrons. The van der Waals surface area contributed by atoms with E-state index in [4.69, 9.17) is 18.9 Å². The zero-order chi connectivity index (χ0) is 14.7. The average Bonchev–Trinajstić information content (AvgIpc) is 2.28. The SMILES string of the molecule is COCCOC(C)OS(=O)(=O)OC(C)OCCOC.